The first-order valence-corrected chi connectivity index (χ1v) is 8.44. The standard InChI is InChI=1S/C18H28N2O/c1-3-18(2)14-16(10-13-21-18)19-15-6-8-17(9-7-15)20-11-4-5-12-20/h6-9,16,19H,3-5,10-14H2,1-2H3. The number of hydrogen-bond acceptors (Lipinski definition) is 3. The van der Waals surface area contributed by atoms with E-state index < -0.39 is 0 Å². The van der Waals surface area contributed by atoms with E-state index in [2.05, 4.69) is 48.3 Å². The van der Waals surface area contributed by atoms with Crippen LogP contribution in [0.15, 0.2) is 24.3 Å². The third kappa shape index (κ3) is 3.52. The first-order valence-electron chi connectivity index (χ1n) is 8.44. The van der Waals surface area contributed by atoms with Gasteiger partial charge in [0.15, 0.2) is 0 Å². The van der Waals surface area contributed by atoms with E-state index in [4.69, 9.17) is 4.74 Å². The van der Waals surface area contributed by atoms with Gasteiger partial charge in [-0.15, -0.1) is 0 Å². The minimum atomic E-state index is 0.0470. The summed E-state index contributed by atoms with van der Waals surface area (Å²) in [5.41, 5.74) is 2.65. The molecule has 0 amide bonds. The second kappa shape index (κ2) is 6.27. The molecule has 3 rings (SSSR count). The summed E-state index contributed by atoms with van der Waals surface area (Å²) in [5, 5.41) is 3.69. The van der Waals surface area contributed by atoms with Crippen molar-refractivity contribution in [2.45, 2.75) is 57.6 Å². The Balaban J connectivity index is 1.59. The Kier molecular flexibility index (Phi) is 4.39. The van der Waals surface area contributed by atoms with Crippen LogP contribution >= 0.6 is 0 Å². The topological polar surface area (TPSA) is 24.5 Å². The molecule has 2 heterocycles. The minimum absolute atomic E-state index is 0.0470. The number of rotatable bonds is 4. The average molecular weight is 288 g/mol. The van der Waals surface area contributed by atoms with Crippen LogP contribution in [0.1, 0.15) is 46.0 Å². The zero-order valence-electron chi connectivity index (χ0n) is 13.4. The molecule has 0 bridgehead atoms. The van der Waals surface area contributed by atoms with Crippen LogP contribution < -0.4 is 10.2 Å². The maximum atomic E-state index is 5.92. The highest BCUT2D eigenvalue weighted by Gasteiger charge is 2.31. The van der Waals surface area contributed by atoms with Crippen LogP contribution in [-0.2, 0) is 4.74 Å². The maximum absolute atomic E-state index is 5.92. The molecular weight excluding hydrogens is 260 g/mol. The van der Waals surface area contributed by atoms with Crippen LogP contribution in [0.2, 0.25) is 0 Å². The first-order chi connectivity index (χ1) is 10.2. The summed E-state index contributed by atoms with van der Waals surface area (Å²) in [5.74, 6) is 0. The van der Waals surface area contributed by atoms with Crippen LogP contribution in [0.25, 0.3) is 0 Å². The van der Waals surface area contributed by atoms with E-state index in [9.17, 15) is 0 Å². The monoisotopic (exact) mass is 288 g/mol. The molecular formula is C18H28N2O. The Bertz CT molecular complexity index is 453. The van der Waals surface area contributed by atoms with Gasteiger partial charge in [-0.1, -0.05) is 6.92 Å². The Labute approximate surface area is 128 Å². The van der Waals surface area contributed by atoms with E-state index in [0.29, 0.717) is 6.04 Å². The highest BCUT2D eigenvalue weighted by atomic mass is 16.5. The Hall–Kier alpha value is -1.22. The molecule has 2 aliphatic rings. The number of hydrogen-bond donors (Lipinski definition) is 1. The molecule has 3 nitrogen and oxygen atoms in total. The lowest BCUT2D eigenvalue weighted by atomic mass is 9.90. The van der Waals surface area contributed by atoms with Crippen molar-refractivity contribution in [1.29, 1.82) is 0 Å². The van der Waals surface area contributed by atoms with Gasteiger partial charge in [-0.2, -0.15) is 0 Å². The number of benzene rings is 1. The van der Waals surface area contributed by atoms with Crippen molar-refractivity contribution < 1.29 is 4.74 Å². The first kappa shape index (κ1) is 14.7. The second-order valence-electron chi connectivity index (χ2n) is 6.73. The molecule has 116 valence electrons. The van der Waals surface area contributed by atoms with Crippen molar-refractivity contribution in [3.05, 3.63) is 24.3 Å². The van der Waals surface area contributed by atoms with Crippen molar-refractivity contribution in [3.63, 3.8) is 0 Å². The van der Waals surface area contributed by atoms with Crippen molar-refractivity contribution >= 4 is 11.4 Å². The van der Waals surface area contributed by atoms with Crippen molar-refractivity contribution in [3.8, 4) is 0 Å². The molecule has 2 unspecified atom stereocenters. The zero-order chi connectivity index (χ0) is 14.7. The lowest BCUT2D eigenvalue weighted by Gasteiger charge is -2.38. The van der Waals surface area contributed by atoms with Gasteiger partial charge < -0.3 is 15.0 Å². The molecule has 21 heavy (non-hydrogen) atoms. The second-order valence-corrected chi connectivity index (χ2v) is 6.73. The Morgan fingerprint density at radius 1 is 1.24 bits per heavy atom. The minimum Gasteiger partial charge on any atom is -0.382 e. The summed E-state index contributed by atoms with van der Waals surface area (Å²) in [4.78, 5) is 2.48. The van der Waals surface area contributed by atoms with E-state index in [1.165, 1.54) is 37.3 Å². The third-order valence-electron chi connectivity index (χ3n) is 5.05. The third-order valence-corrected chi connectivity index (χ3v) is 5.05. The molecule has 1 aromatic carbocycles. The van der Waals surface area contributed by atoms with Crippen molar-refractivity contribution in [2.75, 3.05) is 29.9 Å². The van der Waals surface area contributed by atoms with Gasteiger partial charge in [0.05, 0.1) is 5.60 Å². The van der Waals surface area contributed by atoms with E-state index >= 15 is 0 Å². The normalized spacial score (nSPS) is 29.6. The molecule has 1 aromatic rings. The molecule has 2 saturated heterocycles. The van der Waals surface area contributed by atoms with Crippen LogP contribution in [0, 0.1) is 0 Å². The molecule has 3 heteroatoms. The summed E-state index contributed by atoms with van der Waals surface area (Å²) in [6, 6.07) is 9.50. The highest BCUT2D eigenvalue weighted by molar-refractivity contribution is 5.55. The van der Waals surface area contributed by atoms with Gasteiger partial charge in [-0.25, -0.2) is 0 Å². The number of anilines is 2. The quantitative estimate of drug-likeness (QED) is 0.904. The highest BCUT2D eigenvalue weighted by Crippen LogP contribution is 2.30. The van der Waals surface area contributed by atoms with Crippen LogP contribution in [0.4, 0.5) is 11.4 Å². The SMILES string of the molecule is CCC1(C)CC(Nc2ccc(N3CCCC3)cc2)CCO1. The predicted molar refractivity (Wildman–Crippen MR) is 89.2 cm³/mol. The van der Waals surface area contributed by atoms with Gasteiger partial charge in [0.1, 0.15) is 0 Å². The number of nitrogens with one attached hydrogen (secondary N) is 1. The van der Waals surface area contributed by atoms with Gasteiger partial charge in [0.25, 0.3) is 0 Å². The van der Waals surface area contributed by atoms with E-state index in [1.807, 2.05) is 0 Å². The van der Waals surface area contributed by atoms with Crippen LogP contribution in [-0.4, -0.2) is 31.3 Å². The fourth-order valence-corrected chi connectivity index (χ4v) is 3.48. The van der Waals surface area contributed by atoms with Gasteiger partial charge in [-0.05, 0) is 63.3 Å². The van der Waals surface area contributed by atoms with E-state index in [-0.39, 0.29) is 5.60 Å². The predicted octanol–water partition coefficient (Wildman–Crippen LogP) is 4.05. The van der Waals surface area contributed by atoms with Crippen molar-refractivity contribution in [2.24, 2.45) is 0 Å². The fourth-order valence-electron chi connectivity index (χ4n) is 3.48. The van der Waals surface area contributed by atoms with Gasteiger partial charge in [0.2, 0.25) is 0 Å². The summed E-state index contributed by atoms with van der Waals surface area (Å²) in [7, 11) is 0. The summed E-state index contributed by atoms with van der Waals surface area (Å²) in [6.07, 6.45) is 5.94. The molecule has 0 aliphatic carbocycles. The van der Waals surface area contributed by atoms with Gasteiger partial charge in [-0.3, -0.25) is 0 Å². The van der Waals surface area contributed by atoms with Crippen molar-refractivity contribution in [1.82, 2.24) is 0 Å². The number of ether oxygens (including phenoxy) is 1. The summed E-state index contributed by atoms with van der Waals surface area (Å²) >= 11 is 0. The zero-order valence-corrected chi connectivity index (χ0v) is 13.4. The molecule has 0 aromatic heterocycles. The molecule has 2 aliphatic heterocycles. The lowest BCUT2D eigenvalue weighted by Crippen LogP contribution is -2.41. The van der Waals surface area contributed by atoms with E-state index in [0.717, 1.165) is 25.9 Å². The molecule has 2 atom stereocenters. The van der Waals surface area contributed by atoms with Crippen LogP contribution in [0.3, 0.4) is 0 Å². The maximum Gasteiger partial charge on any atom is 0.0671 e. The molecule has 0 spiro atoms. The largest absolute Gasteiger partial charge is 0.382 e. The molecule has 0 radical (unpaired) electrons. The fraction of sp³-hybridized carbons (Fsp3) is 0.667. The molecule has 1 N–H and O–H groups in total. The lowest BCUT2D eigenvalue weighted by molar-refractivity contribution is -0.0708. The number of nitrogens with zero attached hydrogens (tertiary/aromatic N) is 1. The average Bonchev–Trinajstić information content (AvgIpc) is 3.02. The summed E-state index contributed by atoms with van der Waals surface area (Å²) in [6.45, 7) is 7.74. The molecule has 0 saturated carbocycles. The molecule has 2 fully saturated rings. The summed E-state index contributed by atoms with van der Waals surface area (Å²) < 4.78 is 5.92. The van der Waals surface area contributed by atoms with Gasteiger partial charge in [0, 0.05) is 37.1 Å². The van der Waals surface area contributed by atoms with E-state index in [1.54, 1.807) is 0 Å². The van der Waals surface area contributed by atoms with Gasteiger partial charge >= 0.3 is 0 Å². The Morgan fingerprint density at radius 3 is 2.62 bits per heavy atom. The smallest absolute Gasteiger partial charge is 0.0671 e. The van der Waals surface area contributed by atoms with Crippen LogP contribution in [0.5, 0.6) is 0 Å². The Morgan fingerprint density at radius 2 is 1.95 bits per heavy atom.